The first-order valence-electron chi connectivity index (χ1n) is 7.97. The van der Waals surface area contributed by atoms with Gasteiger partial charge in [-0.1, -0.05) is 18.9 Å². The zero-order valence-electron chi connectivity index (χ0n) is 12.8. The minimum Gasteiger partial charge on any atom is -0.379 e. The van der Waals surface area contributed by atoms with Gasteiger partial charge in [-0.2, -0.15) is 0 Å². The lowest BCUT2D eigenvalue weighted by atomic mass is 9.81. The van der Waals surface area contributed by atoms with E-state index >= 15 is 0 Å². The minimum absolute atomic E-state index is 0.0238. The second-order valence-corrected chi connectivity index (χ2v) is 6.45. The molecule has 1 aromatic rings. The van der Waals surface area contributed by atoms with E-state index in [9.17, 15) is 4.39 Å². The zero-order valence-corrected chi connectivity index (χ0v) is 12.8. The first kappa shape index (κ1) is 14.9. The minimum atomic E-state index is -0.185. The number of halogens is 1. The normalized spacial score (nSPS) is 24.1. The molecule has 116 valence electrons. The van der Waals surface area contributed by atoms with Crippen LogP contribution >= 0.6 is 0 Å². The average Bonchev–Trinajstić information content (AvgIpc) is 2.97. The molecule has 2 N–H and O–H groups in total. The van der Waals surface area contributed by atoms with Gasteiger partial charge in [0.25, 0.3) is 0 Å². The Labute approximate surface area is 126 Å². The maximum Gasteiger partial charge on any atom is 0.123 e. The SMILES string of the molecule is Cc1cc(F)cc(C(N)C2(N3CCOCC3)CCCC2)c1. The summed E-state index contributed by atoms with van der Waals surface area (Å²) >= 11 is 0. The molecule has 2 fully saturated rings. The molecule has 1 saturated heterocycles. The Morgan fingerprint density at radius 2 is 1.86 bits per heavy atom. The van der Waals surface area contributed by atoms with Crippen LogP contribution in [0.4, 0.5) is 4.39 Å². The van der Waals surface area contributed by atoms with E-state index < -0.39 is 0 Å². The first-order chi connectivity index (χ1) is 10.1. The summed E-state index contributed by atoms with van der Waals surface area (Å²) in [7, 11) is 0. The fraction of sp³-hybridized carbons (Fsp3) is 0.647. The van der Waals surface area contributed by atoms with Crippen molar-refractivity contribution in [2.24, 2.45) is 5.73 Å². The quantitative estimate of drug-likeness (QED) is 0.931. The van der Waals surface area contributed by atoms with Crippen LogP contribution in [0.25, 0.3) is 0 Å². The van der Waals surface area contributed by atoms with Crippen LogP contribution in [0.1, 0.15) is 42.9 Å². The van der Waals surface area contributed by atoms with E-state index in [4.69, 9.17) is 10.5 Å². The molecule has 3 rings (SSSR count). The number of hydrogen-bond donors (Lipinski definition) is 1. The Hall–Kier alpha value is -0.970. The van der Waals surface area contributed by atoms with E-state index in [1.165, 1.54) is 12.8 Å². The molecule has 0 aromatic heterocycles. The monoisotopic (exact) mass is 292 g/mol. The van der Waals surface area contributed by atoms with Crippen molar-refractivity contribution in [1.82, 2.24) is 4.90 Å². The molecule has 0 radical (unpaired) electrons. The molecule has 1 aliphatic carbocycles. The Bertz CT molecular complexity index is 473. The van der Waals surface area contributed by atoms with E-state index in [1.54, 1.807) is 12.1 Å². The molecule has 2 aliphatic rings. The highest BCUT2D eigenvalue weighted by atomic mass is 19.1. The van der Waals surface area contributed by atoms with Gasteiger partial charge in [0.1, 0.15) is 5.82 Å². The van der Waals surface area contributed by atoms with Gasteiger partial charge in [-0.3, -0.25) is 4.90 Å². The molecule has 1 heterocycles. The van der Waals surface area contributed by atoms with Crippen molar-refractivity contribution in [2.75, 3.05) is 26.3 Å². The number of nitrogens with two attached hydrogens (primary N) is 1. The van der Waals surface area contributed by atoms with Gasteiger partial charge < -0.3 is 10.5 Å². The van der Waals surface area contributed by atoms with Crippen LogP contribution in [0, 0.1) is 12.7 Å². The van der Waals surface area contributed by atoms with E-state index in [-0.39, 0.29) is 17.4 Å². The molecule has 1 aromatic carbocycles. The summed E-state index contributed by atoms with van der Waals surface area (Å²) in [4.78, 5) is 2.49. The smallest absolute Gasteiger partial charge is 0.123 e. The molecule has 0 bridgehead atoms. The number of morpholine rings is 1. The van der Waals surface area contributed by atoms with E-state index in [1.807, 2.05) is 13.0 Å². The lowest BCUT2D eigenvalue weighted by molar-refractivity contribution is -0.0311. The summed E-state index contributed by atoms with van der Waals surface area (Å²) in [6, 6.07) is 5.08. The maximum absolute atomic E-state index is 13.8. The zero-order chi connectivity index (χ0) is 14.9. The van der Waals surface area contributed by atoms with Crippen molar-refractivity contribution < 1.29 is 9.13 Å². The fourth-order valence-electron chi connectivity index (χ4n) is 4.07. The molecule has 1 saturated carbocycles. The van der Waals surface area contributed by atoms with Crippen LogP contribution in [0.2, 0.25) is 0 Å². The summed E-state index contributed by atoms with van der Waals surface area (Å²) in [5.41, 5.74) is 8.50. The molecular formula is C17H25FN2O. The average molecular weight is 292 g/mol. The van der Waals surface area contributed by atoms with Crippen LogP contribution in [-0.2, 0) is 4.74 Å². The van der Waals surface area contributed by atoms with Crippen molar-refractivity contribution in [3.05, 3.63) is 35.1 Å². The van der Waals surface area contributed by atoms with E-state index in [0.29, 0.717) is 0 Å². The topological polar surface area (TPSA) is 38.5 Å². The molecule has 0 amide bonds. The number of rotatable bonds is 3. The number of hydrogen-bond acceptors (Lipinski definition) is 3. The summed E-state index contributed by atoms with van der Waals surface area (Å²) in [5, 5.41) is 0. The van der Waals surface area contributed by atoms with Crippen LogP contribution < -0.4 is 5.73 Å². The number of aryl methyl sites for hydroxylation is 1. The summed E-state index contributed by atoms with van der Waals surface area (Å²) in [5.74, 6) is -0.185. The highest BCUT2D eigenvalue weighted by Gasteiger charge is 2.45. The van der Waals surface area contributed by atoms with Gasteiger partial charge in [0.15, 0.2) is 0 Å². The Kier molecular flexibility index (Phi) is 4.29. The van der Waals surface area contributed by atoms with Gasteiger partial charge in [-0.05, 0) is 43.0 Å². The molecular weight excluding hydrogens is 267 g/mol. The molecule has 0 spiro atoms. The molecule has 1 atom stereocenters. The second-order valence-electron chi connectivity index (χ2n) is 6.45. The fourth-order valence-corrected chi connectivity index (χ4v) is 4.07. The van der Waals surface area contributed by atoms with Gasteiger partial charge in [-0.15, -0.1) is 0 Å². The third-order valence-corrected chi connectivity index (χ3v) is 5.11. The van der Waals surface area contributed by atoms with Crippen molar-refractivity contribution >= 4 is 0 Å². The van der Waals surface area contributed by atoms with Gasteiger partial charge >= 0.3 is 0 Å². The van der Waals surface area contributed by atoms with Gasteiger partial charge in [0.2, 0.25) is 0 Å². The van der Waals surface area contributed by atoms with Crippen molar-refractivity contribution in [3.63, 3.8) is 0 Å². The summed E-state index contributed by atoms with van der Waals surface area (Å²) < 4.78 is 19.2. The van der Waals surface area contributed by atoms with Crippen LogP contribution in [0.15, 0.2) is 18.2 Å². The van der Waals surface area contributed by atoms with E-state index in [0.717, 1.165) is 50.3 Å². The molecule has 21 heavy (non-hydrogen) atoms. The lowest BCUT2D eigenvalue weighted by Gasteiger charge is -2.47. The highest BCUT2D eigenvalue weighted by molar-refractivity contribution is 5.29. The molecule has 4 heteroatoms. The van der Waals surface area contributed by atoms with Crippen LogP contribution in [0.5, 0.6) is 0 Å². The lowest BCUT2D eigenvalue weighted by Crippen LogP contribution is -2.57. The predicted octanol–water partition coefficient (Wildman–Crippen LogP) is 2.78. The molecule has 1 aliphatic heterocycles. The standard InChI is InChI=1S/C17H25FN2O/c1-13-10-14(12-15(18)11-13)16(19)17(4-2-3-5-17)20-6-8-21-9-7-20/h10-12,16H,2-9,19H2,1H3. The highest BCUT2D eigenvalue weighted by Crippen LogP contribution is 2.43. The second kappa shape index (κ2) is 6.03. The number of benzene rings is 1. The third kappa shape index (κ3) is 2.85. The number of ether oxygens (including phenoxy) is 1. The van der Waals surface area contributed by atoms with Crippen molar-refractivity contribution in [3.8, 4) is 0 Å². The summed E-state index contributed by atoms with van der Waals surface area (Å²) in [6.07, 6.45) is 4.62. The predicted molar refractivity (Wildman–Crippen MR) is 81.7 cm³/mol. The van der Waals surface area contributed by atoms with Crippen LogP contribution in [0.3, 0.4) is 0 Å². The molecule has 3 nitrogen and oxygen atoms in total. The van der Waals surface area contributed by atoms with Crippen molar-refractivity contribution in [2.45, 2.75) is 44.2 Å². The van der Waals surface area contributed by atoms with Gasteiger partial charge in [0, 0.05) is 24.7 Å². The van der Waals surface area contributed by atoms with Crippen LogP contribution in [-0.4, -0.2) is 36.7 Å². The van der Waals surface area contributed by atoms with Gasteiger partial charge in [-0.25, -0.2) is 4.39 Å². The van der Waals surface area contributed by atoms with Crippen molar-refractivity contribution in [1.29, 1.82) is 0 Å². The first-order valence-corrected chi connectivity index (χ1v) is 7.97. The Morgan fingerprint density at radius 3 is 2.48 bits per heavy atom. The number of nitrogens with zero attached hydrogens (tertiary/aromatic N) is 1. The third-order valence-electron chi connectivity index (χ3n) is 5.11. The molecule has 1 unspecified atom stereocenters. The largest absolute Gasteiger partial charge is 0.379 e. The Morgan fingerprint density at radius 1 is 1.19 bits per heavy atom. The van der Waals surface area contributed by atoms with Gasteiger partial charge in [0.05, 0.1) is 13.2 Å². The van der Waals surface area contributed by atoms with E-state index in [2.05, 4.69) is 4.90 Å². The summed E-state index contributed by atoms with van der Waals surface area (Å²) in [6.45, 7) is 5.34. The Balaban J connectivity index is 1.92. The maximum atomic E-state index is 13.8.